The van der Waals surface area contributed by atoms with Gasteiger partial charge in [0.1, 0.15) is 6.54 Å². The van der Waals surface area contributed by atoms with Gasteiger partial charge < -0.3 is 5.32 Å². The lowest BCUT2D eigenvalue weighted by molar-refractivity contribution is -0.143. The summed E-state index contributed by atoms with van der Waals surface area (Å²) in [5.74, 6) is -1.14. The molecule has 2 aromatic rings. The minimum Gasteiger partial charge on any atom is -0.355 e. The van der Waals surface area contributed by atoms with Crippen LogP contribution in [0.2, 0.25) is 0 Å². The molecule has 30 heavy (non-hydrogen) atoms. The summed E-state index contributed by atoms with van der Waals surface area (Å²) in [5, 5.41) is 2.90. The molecule has 5 heteroatoms. The molecule has 154 valence electrons. The monoisotopic (exact) mass is 402 g/mol. The van der Waals surface area contributed by atoms with Gasteiger partial charge >= 0.3 is 0 Å². The third-order valence-corrected chi connectivity index (χ3v) is 6.06. The van der Waals surface area contributed by atoms with Crippen molar-refractivity contribution in [3.05, 3.63) is 83.9 Å². The van der Waals surface area contributed by atoms with Crippen molar-refractivity contribution in [2.24, 2.45) is 11.8 Å². The van der Waals surface area contributed by atoms with Crippen molar-refractivity contribution in [3.63, 3.8) is 0 Å². The minimum absolute atomic E-state index is 0.164. The number of rotatable bonds is 7. The molecule has 0 unspecified atom stereocenters. The summed E-state index contributed by atoms with van der Waals surface area (Å²) >= 11 is 0. The van der Waals surface area contributed by atoms with Crippen molar-refractivity contribution in [3.8, 4) is 0 Å². The zero-order valence-corrected chi connectivity index (χ0v) is 16.9. The first-order chi connectivity index (χ1) is 14.6. The Balaban J connectivity index is 1.35. The van der Waals surface area contributed by atoms with E-state index >= 15 is 0 Å². The van der Waals surface area contributed by atoms with E-state index in [1.165, 1.54) is 11.1 Å². The topological polar surface area (TPSA) is 66.5 Å². The number of imide groups is 1. The fraction of sp³-hybridized carbons (Fsp3) is 0.320. The van der Waals surface area contributed by atoms with Gasteiger partial charge in [-0.15, -0.1) is 0 Å². The summed E-state index contributed by atoms with van der Waals surface area (Å²) in [5.41, 5.74) is 2.39. The average Bonchev–Trinajstić information content (AvgIpc) is 3.03. The van der Waals surface area contributed by atoms with Crippen LogP contribution in [-0.2, 0) is 14.4 Å². The van der Waals surface area contributed by atoms with Crippen molar-refractivity contribution >= 4 is 17.7 Å². The Kier molecular flexibility index (Phi) is 6.07. The molecule has 3 amide bonds. The number of hydrogen-bond acceptors (Lipinski definition) is 3. The molecule has 1 saturated heterocycles. The Morgan fingerprint density at radius 2 is 1.37 bits per heavy atom. The number of fused-ring (bicyclic) bond motifs is 1. The highest BCUT2D eigenvalue weighted by Gasteiger charge is 2.47. The maximum atomic E-state index is 12.5. The molecule has 2 aliphatic rings. The first kappa shape index (κ1) is 20.1. The lowest BCUT2D eigenvalue weighted by atomic mass is 9.85. The van der Waals surface area contributed by atoms with Gasteiger partial charge in [0.2, 0.25) is 17.7 Å². The zero-order valence-electron chi connectivity index (χ0n) is 16.9. The van der Waals surface area contributed by atoms with E-state index in [0.29, 0.717) is 19.4 Å². The van der Waals surface area contributed by atoms with Gasteiger partial charge in [0, 0.05) is 12.5 Å². The van der Waals surface area contributed by atoms with Gasteiger partial charge in [0.05, 0.1) is 11.8 Å². The molecule has 1 heterocycles. The van der Waals surface area contributed by atoms with Crippen LogP contribution in [0.15, 0.2) is 72.8 Å². The molecule has 1 N–H and O–H groups in total. The largest absolute Gasteiger partial charge is 0.355 e. The molecule has 0 aromatic heterocycles. The number of carbonyl (C=O) groups is 3. The minimum atomic E-state index is -0.296. The van der Waals surface area contributed by atoms with E-state index in [1.807, 2.05) is 48.6 Å². The highest BCUT2D eigenvalue weighted by Crippen LogP contribution is 2.34. The van der Waals surface area contributed by atoms with E-state index in [9.17, 15) is 14.4 Å². The Labute approximate surface area is 176 Å². The van der Waals surface area contributed by atoms with E-state index in [4.69, 9.17) is 0 Å². The van der Waals surface area contributed by atoms with Crippen LogP contribution < -0.4 is 5.32 Å². The quantitative estimate of drug-likeness (QED) is 0.571. The first-order valence-corrected chi connectivity index (χ1v) is 10.5. The predicted octanol–water partition coefficient (Wildman–Crippen LogP) is 3.28. The van der Waals surface area contributed by atoms with Gasteiger partial charge in [-0.2, -0.15) is 0 Å². The Morgan fingerprint density at radius 1 is 0.867 bits per heavy atom. The number of allylic oxidation sites excluding steroid dienone is 2. The summed E-state index contributed by atoms with van der Waals surface area (Å²) in [6.07, 6.45) is 5.80. The molecule has 0 spiro atoms. The van der Waals surface area contributed by atoms with Crippen molar-refractivity contribution in [2.75, 3.05) is 13.1 Å². The van der Waals surface area contributed by atoms with Gasteiger partial charge in [-0.25, -0.2) is 0 Å². The Bertz CT molecular complexity index is 874. The number of nitrogens with zero attached hydrogens (tertiary/aromatic N) is 1. The standard InChI is InChI=1S/C25H26N2O3/c28-23(17-27-24(29)21-13-7-8-14-22(21)25(27)30)26-16-15-20(18-9-3-1-4-10-18)19-11-5-2-6-12-19/h1-12,20-22H,13-17H2,(H,26,28)/t21-,22-/m0/s1. The van der Waals surface area contributed by atoms with Crippen LogP contribution in [0.5, 0.6) is 0 Å². The number of likely N-dealkylation sites (tertiary alicyclic amines) is 1. The van der Waals surface area contributed by atoms with Crippen LogP contribution in [0.25, 0.3) is 0 Å². The van der Waals surface area contributed by atoms with Crippen molar-refractivity contribution in [1.29, 1.82) is 0 Å². The zero-order chi connectivity index (χ0) is 20.9. The Morgan fingerprint density at radius 3 is 1.87 bits per heavy atom. The van der Waals surface area contributed by atoms with E-state index in [0.717, 1.165) is 11.3 Å². The molecule has 2 atom stereocenters. The van der Waals surface area contributed by atoms with E-state index < -0.39 is 0 Å². The molecular formula is C25H26N2O3. The van der Waals surface area contributed by atoms with Gasteiger partial charge in [0.15, 0.2) is 0 Å². The summed E-state index contributed by atoms with van der Waals surface area (Å²) in [6, 6.07) is 20.4. The first-order valence-electron chi connectivity index (χ1n) is 10.5. The van der Waals surface area contributed by atoms with Crippen molar-refractivity contribution < 1.29 is 14.4 Å². The van der Waals surface area contributed by atoms with E-state index in [1.54, 1.807) is 0 Å². The summed E-state index contributed by atoms with van der Waals surface area (Å²) < 4.78 is 0. The maximum Gasteiger partial charge on any atom is 0.240 e. The maximum absolute atomic E-state index is 12.5. The van der Waals surface area contributed by atoms with Gasteiger partial charge in [-0.05, 0) is 30.4 Å². The average molecular weight is 402 g/mol. The third kappa shape index (κ3) is 4.20. The van der Waals surface area contributed by atoms with E-state index in [-0.39, 0.29) is 42.0 Å². The molecule has 0 bridgehead atoms. The smallest absolute Gasteiger partial charge is 0.240 e. The second kappa shape index (κ2) is 9.08. The molecule has 4 rings (SSSR count). The summed E-state index contributed by atoms with van der Waals surface area (Å²) in [6.45, 7) is 0.282. The van der Waals surface area contributed by atoms with Crippen LogP contribution in [-0.4, -0.2) is 35.7 Å². The second-order valence-electron chi connectivity index (χ2n) is 7.93. The number of hydrogen-bond donors (Lipinski definition) is 1. The third-order valence-electron chi connectivity index (χ3n) is 6.06. The fourth-order valence-corrected chi connectivity index (χ4v) is 4.48. The van der Waals surface area contributed by atoms with Gasteiger partial charge in [-0.3, -0.25) is 19.3 Å². The second-order valence-corrected chi connectivity index (χ2v) is 7.93. The highest BCUT2D eigenvalue weighted by molar-refractivity contribution is 6.07. The number of amides is 3. The molecular weight excluding hydrogens is 376 g/mol. The van der Waals surface area contributed by atoms with E-state index in [2.05, 4.69) is 29.6 Å². The fourth-order valence-electron chi connectivity index (χ4n) is 4.48. The van der Waals surface area contributed by atoms with Crippen LogP contribution in [0, 0.1) is 11.8 Å². The molecule has 1 fully saturated rings. The molecule has 1 aliphatic heterocycles. The normalized spacial score (nSPS) is 20.5. The molecule has 2 aromatic carbocycles. The van der Waals surface area contributed by atoms with Crippen molar-refractivity contribution in [2.45, 2.75) is 25.2 Å². The molecule has 0 saturated carbocycles. The predicted molar refractivity (Wildman–Crippen MR) is 114 cm³/mol. The molecule has 5 nitrogen and oxygen atoms in total. The lowest BCUT2D eigenvalue weighted by Crippen LogP contribution is -2.41. The van der Waals surface area contributed by atoms with Gasteiger partial charge in [0.25, 0.3) is 0 Å². The van der Waals surface area contributed by atoms with Crippen LogP contribution >= 0.6 is 0 Å². The molecule has 0 radical (unpaired) electrons. The highest BCUT2D eigenvalue weighted by atomic mass is 16.2. The number of benzene rings is 2. The summed E-state index contributed by atoms with van der Waals surface area (Å²) in [7, 11) is 0. The lowest BCUT2D eigenvalue weighted by Gasteiger charge is -2.19. The van der Waals surface area contributed by atoms with Crippen LogP contribution in [0.4, 0.5) is 0 Å². The SMILES string of the molecule is O=C(CN1C(=O)[C@H]2CC=CC[C@@H]2C1=O)NCCC(c1ccccc1)c1ccccc1. The molecule has 1 aliphatic carbocycles. The Hall–Kier alpha value is -3.21. The van der Waals surface area contributed by atoms with Crippen LogP contribution in [0.1, 0.15) is 36.3 Å². The number of nitrogens with one attached hydrogen (secondary N) is 1. The van der Waals surface area contributed by atoms with Crippen molar-refractivity contribution in [1.82, 2.24) is 10.2 Å². The summed E-state index contributed by atoms with van der Waals surface area (Å²) in [4.78, 5) is 38.7. The van der Waals surface area contributed by atoms with Gasteiger partial charge in [-0.1, -0.05) is 72.8 Å². The van der Waals surface area contributed by atoms with Crippen LogP contribution in [0.3, 0.4) is 0 Å². The number of carbonyl (C=O) groups excluding carboxylic acids is 3.